The molecule has 2 aliphatic heterocycles. The number of carbonyl (C=O) groups excluding carboxylic acids is 1. The Balaban J connectivity index is 1.40. The second-order valence-corrected chi connectivity index (χ2v) is 9.78. The molecule has 2 saturated heterocycles. The minimum Gasteiger partial charge on any atom is -0.494 e. The van der Waals surface area contributed by atoms with Gasteiger partial charge in [0.1, 0.15) is 11.4 Å². The number of halogens is 3. The fourth-order valence-electron chi connectivity index (χ4n) is 5.10. The number of rotatable bonds is 5. The van der Waals surface area contributed by atoms with Crippen LogP contribution in [0.2, 0.25) is 0 Å². The Labute approximate surface area is 211 Å². The largest absolute Gasteiger partial charge is 0.494 e. The molecule has 196 valence electrons. The van der Waals surface area contributed by atoms with Gasteiger partial charge in [0.05, 0.1) is 18.4 Å². The molecule has 0 aromatic heterocycles. The van der Waals surface area contributed by atoms with Gasteiger partial charge in [-0.15, -0.1) is 0 Å². The van der Waals surface area contributed by atoms with Crippen molar-refractivity contribution in [1.29, 1.82) is 0 Å². The van der Waals surface area contributed by atoms with Gasteiger partial charge in [0.15, 0.2) is 0 Å². The average molecular weight is 505 g/mol. The second kappa shape index (κ2) is 11.0. The molecule has 4 rings (SSSR count). The van der Waals surface area contributed by atoms with Crippen molar-refractivity contribution < 1.29 is 22.7 Å². The lowest BCUT2D eigenvalue weighted by atomic mass is 9.89. The van der Waals surface area contributed by atoms with E-state index in [4.69, 9.17) is 4.74 Å². The van der Waals surface area contributed by atoms with E-state index in [0.717, 1.165) is 49.6 Å². The summed E-state index contributed by atoms with van der Waals surface area (Å²) in [7, 11) is 1.60. The first-order valence-corrected chi connectivity index (χ1v) is 12.6. The van der Waals surface area contributed by atoms with Crippen molar-refractivity contribution in [3.05, 3.63) is 53.6 Å². The highest BCUT2D eigenvalue weighted by Gasteiger charge is 2.31. The summed E-state index contributed by atoms with van der Waals surface area (Å²) in [6.45, 7) is 9.13. The van der Waals surface area contributed by atoms with Gasteiger partial charge >= 0.3 is 12.2 Å². The number of hydrogen-bond donors (Lipinski definition) is 1. The number of nitrogens with zero attached hydrogens (tertiary/aromatic N) is 3. The summed E-state index contributed by atoms with van der Waals surface area (Å²) in [6.07, 6.45) is -2.93. The lowest BCUT2D eigenvalue weighted by Gasteiger charge is -2.39. The van der Waals surface area contributed by atoms with E-state index in [1.54, 1.807) is 24.1 Å². The molecule has 0 aliphatic carbocycles. The first-order valence-electron chi connectivity index (χ1n) is 12.6. The molecule has 0 radical (unpaired) electrons. The van der Waals surface area contributed by atoms with E-state index in [2.05, 4.69) is 29.0 Å². The number of piperidine rings is 1. The summed E-state index contributed by atoms with van der Waals surface area (Å²) < 4.78 is 44.2. The van der Waals surface area contributed by atoms with Gasteiger partial charge in [0, 0.05) is 45.3 Å². The van der Waals surface area contributed by atoms with Crippen LogP contribution in [-0.4, -0.2) is 68.3 Å². The Morgan fingerprint density at radius 1 is 0.972 bits per heavy atom. The van der Waals surface area contributed by atoms with Crippen molar-refractivity contribution >= 4 is 17.4 Å². The van der Waals surface area contributed by atoms with Crippen LogP contribution >= 0.6 is 0 Å². The van der Waals surface area contributed by atoms with Crippen molar-refractivity contribution in [1.82, 2.24) is 9.80 Å². The number of piperazine rings is 1. The lowest BCUT2D eigenvalue weighted by Crippen LogP contribution is -2.49. The fourth-order valence-corrected chi connectivity index (χ4v) is 5.10. The Morgan fingerprint density at radius 2 is 1.61 bits per heavy atom. The zero-order valence-electron chi connectivity index (χ0n) is 21.1. The molecule has 36 heavy (non-hydrogen) atoms. The number of likely N-dealkylation sites (tertiary alicyclic amines) is 1. The number of urea groups is 1. The van der Waals surface area contributed by atoms with Gasteiger partial charge in [-0.25, -0.2) is 4.79 Å². The molecular formula is C27H35F3N4O2. The zero-order valence-corrected chi connectivity index (χ0v) is 21.1. The number of ether oxygens (including phenoxy) is 1. The highest BCUT2D eigenvalue weighted by Crippen LogP contribution is 2.37. The molecule has 2 aromatic rings. The SMILES string of the molecule is COc1cccc(N2CCN(C(C)C)CC2)c1NC(=O)N1CCC(c2ccc(C(F)(F)F)cc2)CC1. The molecule has 2 aromatic carbocycles. The van der Waals surface area contributed by atoms with Crippen LogP contribution in [0.3, 0.4) is 0 Å². The van der Waals surface area contributed by atoms with Crippen LogP contribution in [0.5, 0.6) is 5.75 Å². The van der Waals surface area contributed by atoms with Crippen molar-refractivity contribution in [2.75, 3.05) is 56.6 Å². The third-order valence-electron chi connectivity index (χ3n) is 7.33. The van der Waals surface area contributed by atoms with E-state index < -0.39 is 11.7 Å². The van der Waals surface area contributed by atoms with E-state index in [-0.39, 0.29) is 11.9 Å². The zero-order chi connectivity index (χ0) is 25.9. The van der Waals surface area contributed by atoms with Crippen LogP contribution in [0.1, 0.15) is 43.7 Å². The van der Waals surface area contributed by atoms with E-state index in [1.807, 2.05) is 18.2 Å². The standard InChI is InChI=1S/C27H35F3N4O2/c1-19(2)32-15-17-33(18-16-32)23-5-4-6-24(36-3)25(23)31-26(35)34-13-11-21(12-14-34)20-7-9-22(10-8-20)27(28,29)30/h4-10,19,21H,11-18H2,1-3H3,(H,31,35). The summed E-state index contributed by atoms with van der Waals surface area (Å²) in [6, 6.07) is 11.5. The van der Waals surface area contributed by atoms with E-state index in [0.29, 0.717) is 43.4 Å². The minimum absolute atomic E-state index is 0.135. The predicted molar refractivity (Wildman–Crippen MR) is 136 cm³/mol. The Kier molecular flexibility index (Phi) is 7.97. The molecule has 0 bridgehead atoms. The quantitative estimate of drug-likeness (QED) is 0.571. The smallest absolute Gasteiger partial charge is 0.416 e. The van der Waals surface area contributed by atoms with E-state index in [1.165, 1.54) is 0 Å². The van der Waals surface area contributed by atoms with Crippen molar-refractivity contribution in [2.45, 2.75) is 44.8 Å². The molecule has 2 fully saturated rings. The summed E-state index contributed by atoms with van der Waals surface area (Å²) in [5, 5.41) is 3.09. The number of anilines is 2. The molecule has 0 spiro atoms. The van der Waals surface area contributed by atoms with E-state index >= 15 is 0 Å². The molecule has 9 heteroatoms. The van der Waals surface area contributed by atoms with Crippen LogP contribution in [0.25, 0.3) is 0 Å². The molecule has 0 unspecified atom stereocenters. The molecule has 1 N–H and O–H groups in total. The third kappa shape index (κ3) is 5.88. The monoisotopic (exact) mass is 504 g/mol. The molecule has 2 aliphatic rings. The van der Waals surface area contributed by atoms with Crippen LogP contribution in [0.4, 0.5) is 29.3 Å². The third-order valence-corrected chi connectivity index (χ3v) is 7.33. The number of para-hydroxylation sites is 1. The minimum atomic E-state index is -4.33. The van der Waals surface area contributed by atoms with Crippen molar-refractivity contribution in [2.24, 2.45) is 0 Å². The summed E-state index contributed by atoms with van der Waals surface area (Å²) >= 11 is 0. The second-order valence-electron chi connectivity index (χ2n) is 9.78. The Morgan fingerprint density at radius 3 is 2.17 bits per heavy atom. The summed E-state index contributed by atoms with van der Waals surface area (Å²) in [5.74, 6) is 0.752. The maximum absolute atomic E-state index is 13.2. The first kappa shape index (κ1) is 26.1. The fraction of sp³-hybridized carbons (Fsp3) is 0.519. The maximum atomic E-state index is 13.2. The van der Waals surface area contributed by atoms with Crippen LogP contribution in [0, 0.1) is 0 Å². The number of hydrogen-bond acceptors (Lipinski definition) is 4. The van der Waals surface area contributed by atoms with Crippen LogP contribution < -0.4 is 15.0 Å². The topological polar surface area (TPSA) is 48.1 Å². The molecular weight excluding hydrogens is 469 g/mol. The highest BCUT2D eigenvalue weighted by molar-refractivity contribution is 5.95. The van der Waals surface area contributed by atoms with Gasteiger partial charge in [-0.1, -0.05) is 18.2 Å². The van der Waals surface area contributed by atoms with Crippen molar-refractivity contribution in [3.8, 4) is 5.75 Å². The maximum Gasteiger partial charge on any atom is 0.416 e. The predicted octanol–water partition coefficient (Wildman–Crippen LogP) is 5.66. The summed E-state index contributed by atoms with van der Waals surface area (Å²) in [5.41, 5.74) is 1.87. The number of methoxy groups -OCH3 is 1. The summed E-state index contributed by atoms with van der Waals surface area (Å²) in [4.78, 5) is 19.7. The highest BCUT2D eigenvalue weighted by atomic mass is 19.4. The number of amides is 2. The molecule has 2 heterocycles. The molecule has 0 atom stereocenters. The first-order chi connectivity index (χ1) is 17.2. The van der Waals surface area contributed by atoms with Gasteiger partial charge in [-0.3, -0.25) is 4.90 Å². The Hall–Kier alpha value is -2.94. The lowest BCUT2D eigenvalue weighted by molar-refractivity contribution is -0.137. The normalized spacial score (nSPS) is 18.0. The van der Waals surface area contributed by atoms with Gasteiger partial charge in [0.2, 0.25) is 0 Å². The molecule has 0 saturated carbocycles. The number of benzene rings is 2. The van der Waals surface area contributed by atoms with Crippen LogP contribution in [0.15, 0.2) is 42.5 Å². The number of alkyl halides is 3. The number of nitrogens with one attached hydrogen (secondary N) is 1. The number of carbonyl (C=O) groups is 1. The Bertz CT molecular complexity index is 1030. The molecule has 2 amide bonds. The van der Waals surface area contributed by atoms with Gasteiger partial charge in [-0.05, 0) is 62.4 Å². The van der Waals surface area contributed by atoms with Gasteiger partial charge < -0.3 is 19.9 Å². The van der Waals surface area contributed by atoms with Crippen molar-refractivity contribution in [3.63, 3.8) is 0 Å². The van der Waals surface area contributed by atoms with E-state index in [9.17, 15) is 18.0 Å². The van der Waals surface area contributed by atoms with Gasteiger partial charge in [-0.2, -0.15) is 13.2 Å². The average Bonchev–Trinajstić information content (AvgIpc) is 2.88. The van der Waals surface area contributed by atoms with Crippen LogP contribution in [-0.2, 0) is 6.18 Å². The molecule has 6 nitrogen and oxygen atoms in total. The van der Waals surface area contributed by atoms with Gasteiger partial charge in [0.25, 0.3) is 0 Å².